The molecule has 12 nitrogen and oxygen atoms in total. The first-order valence-corrected chi connectivity index (χ1v) is 16.8. The van der Waals surface area contributed by atoms with Crippen molar-refractivity contribution in [1.82, 2.24) is 39.0 Å². The topological polar surface area (TPSA) is 146 Å². The third-order valence-electron chi connectivity index (χ3n) is 8.13. The van der Waals surface area contributed by atoms with E-state index >= 15 is 0 Å². The van der Waals surface area contributed by atoms with E-state index in [0.29, 0.717) is 48.7 Å². The van der Waals surface area contributed by atoms with Gasteiger partial charge in [0.15, 0.2) is 45.6 Å². The molecule has 18 heteroatoms. The number of anilines is 4. The van der Waals surface area contributed by atoms with Crippen molar-refractivity contribution in [2.24, 2.45) is 19.8 Å². The van der Waals surface area contributed by atoms with Crippen molar-refractivity contribution in [3.05, 3.63) is 131 Å². The highest BCUT2D eigenvalue weighted by atomic mass is 35.5. The molecular formula is C37H25Cl2F4N11O. The summed E-state index contributed by atoms with van der Waals surface area (Å²) in [5.41, 5.74) is 6.98. The van der Waals surface area contributed by atoms with Crippen LogP contribution in [0.25, 0.3) is 45.1 Å². The lowest BCUT2D eigenvalue weighted by Gasteiger charge is -2.21. The van der Waals surface area contributed by atoms with Crippen LogP contribution in [0, 0.1) is 23.3 Å². The number of benzene rings is 4. The summed E-state index contributed by atoms with van der Waals surface area (Å²) in [7, 11) is 3.45. The Balaban J connectivity index is 0.000000170. The fourth-order valence-electron chi connectivity index (χ4n) is 5.53. The summed E-state index contributed by atoms with van der Waals surface area (Å²) in [4.78, 5) is 39.0. The van der Waals surface area contributed by atoms with Crippen LogP contribution in [-0.2, 0) is 14.1 Å². The van der Waals surface area contributed by atoms with E-state index in [9.17, 15) is 22.4 Å². The van der Waals surface area contributed by atoms with Crippen LogP contribution in [0.5, 0.6) is 0 Å². The number of primary amides is 1. The molecule has 0 unspecified atom stereocenters. The van der Waals surface area contributed by atoms with E-state index in [-0.39, 0.29) is 28.7 Å². The first kappa shape index (κ1) is 36.7. The smallest absolute Gasteiger partial charge is 0.325 e. The molecule has 0 fully saturated rings. The molecule has 0 saturated carbocycles. The number of nitrogens with two attached hydrogens (primary N) is 1. The normalized spacial score (nSPS) is 11.1. The molecule has 0 radical (unpaired) electrons. The Kier molecular flexibility index (Phi) is 10.0. The van der Waals surface area contributed by atoms with Crippen molar-refractivity contribution in [3.63, 3.8) is 0 Å². The quantitative estimate of drug-likeness (QED) is 0.159. The van der Waals surface area contributed by atoms with Crippen LogP contribution >= 0.6 is 23.2 Å². The molecule has 55 heavy (non-hydrogen) atoms. The van der Waals surface area contributed by atoms with Gasteiger partial charge in [-0.3, -0.25) is 0 Å². The minimum Gasteiger partial charge on any atom is -0.351 e. The highest BCUT2D eigenvalue weighted by molar-refractivity contribution is 6.33. The highest BCUT2D eigenvalue weighted by Gasteiger charge is 2.28. The van der Waals surface area contributed by atoms with E-state index in [1.807, 2.05) is 6.07 Å². The number of amides is 2. The predicted molar refractivity (Wildman–Crippen MR) is 201 cm³/mol. The van der Waals surface area contributed by atoms with Crippen molar-refractivity contribution in [3.8, 4) is 22.8 Å². The number of urea groups is 1. The van der Waals surface area contributed by atoms with Gasteiger partial charge in [0.1, 0.15) is 34.6 Å². The summed E-state index contributed by atoms with van der Waals surface area (Å²) in [6.45, 7) is 0. The van der Waals surface area contributed by atoms with Gasteiger partial charge in [0.25, 0.3) is 0 Å². The summed E-state index contributed by atoms with van der Waals surface area (Å²) in [6.07, 6.45) is 2.99. The fraction of sp³-hybridized carbons (Fsp3) is 0.0541. The molecule has 0 atom stereocenters. The van der Waals surface area contributed by atoms with Crippen LogP contribution in [0.1, 0.15) is 0 Å². The monoisotopic (exact) mass is 785 g/mol. The van der Waals surface area contributed by atoms with E-state index in [2.05, 4.69) is 35.2 Å². The molecule has 0 saturated heterocycles. The van der Waals surface area contributed by atoms with Crippen LogP contribution < -0.4 is 16.0 Å². The number of nitrogens with zero attached hydrogens (tertiary/aromatic N) is 9. The van der Waals surface area contributed by atoms with E-state index in [1.54, 1.807) is 72.0 Å². The lowest BCUT2D eigenvalue weighted by atomic mass is 10.2. The zero-order valence-electron chi connectivity index (χ0n) is 28.5. The second kappa shape index (κ2) is 15.0. The number of fused-ring (bicyclic) bond motifs is 2. The van der Waals surface area contributed by atoms with Crippen molar-refractivity contribution in [2.45, 2.75) is 0 Å². The van der Waals surface area contributed by atoms with Crippen molar-refractivity contribution in [2.75, 3.05) is 10.2 Å². The first-order valence-electron chi connectivity index (χ1n) is 16.1. The van der Waals surface area contributed by atoms with Crippen LogP contribution in [0.15, 0.2) is 97.6 Å². The summed E-state index contributed by atoms with van der Waals surface area (Å²) < 4.78 is 60.3. The summed E-state index contributed by atoms with van der Waals surface area (Å²) in [5, 5.41) is 3.54. The molecule has 0 spiro atoms. The van der Waals surface area contributed by atoms with Gasteiger partial charge in [-0.15, -0.1) is 0 Å². The molecule has 0 aliphatic carbocycles. The number of aromatic nitrogens is 8. The maximum Gasteiger partial charge on any atom is 0.325 e. The van der Waals surface area contributed by atoms with Gasteiger partial charge in [-0.05, 0) is 48.5 Å². The second-order valence-electron chi connectivity index (χ2n) is 11.7. The average molecular weight is 787 g/mol. The van der Waals surface area contributed by atoms with Gasteiger partial charge in [-0.1, -0.05) is 59.6 Å². The van der Waals surface area contributed by atoms with Gasteiger partial charge >= 0.3 is 6.03 Å². The fourth-order valence-corrected chi connectivity index (χ4v) is 5.97. The molecule has 0 aliphatic rings. The van der Waals surface area contributed by atoms with Crippen LogP contribution in [0.3, 0.4) is 0 Å². The molecule has 4 aromatic carbocycles. The van der Waals surface area contributed by atoms with E-state index in [0.717, 1.165) is 24.3 Å². The number of carbonyl (C=O) groups excluding carboxylic acids is 1. The maximum absolute atomic E-state index is 14.5. The summed E-state index contributed by atoms with van der Waals surface area (Å²) in [5.74, 6) is -2.93. The molecule has 2 amide bonds. The molecule has 8 rings (SSSR count). The Morgan fingerprint density at radius 2 is 1.13 bits per heavy atom. The minimum absolute atomic E-state index is 0.143. The zero-order valence-corrected chi connectivity index (χ0v) is 30.0. The Morgan fingerprint density at radius 1 is 0.655 bits per heavy atom. The van der Waals surface area contributed by atoms with E-state index in [4.69, 9.17) is 28.9 Å². The van der Waals surface area contributed by atoms with E-state index < -0.39 is 35.0 Å². The maximum atomic E-state index is 14.5. The second-order valence-corrected chi connectivity index (χ2v) is 12.6. The molecule has 0 aliphatic heterocycles. The third-order valence-corrected chi connectivity index (χ3v) is 8.79. The first-order chi connectivity index (χ1) is 26.4. The number of halogens is 6. The predicted octanol–water partition coefficient (Wildman–Crippen LogP) is 8.88. The zero-order chi connectivity index (χ0) is 39.0. The number of imidazole rings is 2. The van der Waals surface area contributed by atoms with Crippen molar-refractivity contribution in [1.29, 1.82) is 0 Å². The Hall–Kier alpha value is -6.65. The van der Waals surface area contributed by atoms with Gasteiger partial charge in [-0.2, -0.15) is 0 Å². The van der Waals surface area contributed by atoms with Crippen LogP contribution in [-0.4, -0.2) is 45.1 Å². The highest BCUT2D eigenvalue weighted by Crippen LogP contribution is 2.36. The number of aryl methyl sites for hydroxylation is 2. The molecule has 4 aromatic heterocycles. The van der Waals surface area contributed by atoms with Gasteiger partial charge in [-0.25, -0.2) is 57.2 Å². The minimum atomic E-state index is -1.13. The number of para-hydroxylation sites is 2. The number of hydrogen-bond acceptors (Lipinski definition) is 8. The summed E-state index contributed by atoms with van der Waals surface area (Å²) in [6, 6.07) is 19.6. The lowest BCUT2D eigenvalue weighted by molar-refractivity contribution is 0.255. The Bertz CT molecular complexity index is 2720. The SMILES string of the molecule is Cn1cnc2c(N(C(N)=O)c3c(F)cccc3F)nc(-c3ccccc3Cl)nc21.Cn1cnc2c(Nc3c(F)cccc3F)nc(-c3ccccc3Cl)nc21. The number of hydrogen-bond donors (Lipinski definition) is 2. The van der Waals surface area contributed by atoms with Crippen LogP contribution in [0.2, 0.25) is 10.0 Å². The lowest BCUT2D eigenvalue weighted by Crippen LogP contribution is -2.34. The van der Waals surface area contributed by atoms with Crippen molar-refractivity contribution < 1.29 is 22.4 Å². The third kappa shape index (κ3) is 7.07. The summed E-state index contributed by atoms with van der Waals surface area (Å²) >= 11 is 12.5. The number of carbonyl (C=O) groups is 1. The standard InChI is InChI=1S/C19H13ClF2N6O.C18H12ClF2N5/c1-27-9-24-14-17(27)25-16(10-5-2-3-6-11(10)20)26-18(14)28(19(23)29)15-12(21)7-4-8-13(15)22;1-26-9-22-15-17(23-14-12(20)7-4-8-13(14)21)24-16(25-18(15)26)10-5-2-3-6-11(10)19/h2-9H,1H3,(H2,23,29);2-9H,1H3,(H,23,24,25). The number of rotatable bonds is 6. The Morgan fingerprint density at radius 3 is 1.65 bits per heavy atom. The number of nitrogens with one attached hydrogen (secondary N) is 1. The average Bonchev–Trinajstić information content (AvgIpc) is 3.73. The van der Waals surface area contributed by atoms with Crippen LogP contribution in [0.4, 0.5) is 45.4 Å². The van der Waals surface area contributed by atoms with Gasteiger partial charge in [0, 0.05) is 25.2 Å². The molecular weight excluding hydrogens is 761 g/mol. The van der Waals surface area contributed by atoms with Gasteiger partial charge in [0.05, 0.1) is 22.7 Å². The largest absolute Gasteiger partial charge is 0.351 e. The van der Waals surface area contributed by atoms with Crippen molar-refractivity contribution >= 4 is 74.6 Å². The van der Waals surface area contributed by atoms with Gasteiger partial charge in [0.2, 0.25) is 0 Å². The Labute approximate surface area is 318 Å². The molecule has 3 N–H and O–H groups in total. The molecule has 4 heterocycles. The molecule has 276 valence electrons. The van der Waals surface area contributed by atoms with E-state index in [1.165, 1.54) is 18.5 Å². The van der Waals surface area contributed by atoms with Gasteiger partial charge < -0.3 is 20.2 Å². The molecule has 0 bridgehead atoms. The molecule has 8 aromatic rings.